The lowest BCUT2D eigenvalue weighted by Crippen LogP contribution is -2.19. The highest BCUT2D eigenvalue weighted by atomic mass is 19.1. The van der Waals surface area contributed by atoms with Crippen molar-refractivity contribution in [3.63, 3.8) is 0 Å². The summed E-state index contributed by atoms with van der Waals surface area (Å²) in [5, 5.41) is 3.43. The Balaban J connectivity index is 1.96. The van der Waals surface area contributed by atoms with E-state index in [1.165, 1.54) is 18.2 Å². The van der Waals surface area contributed by atoms with Crippen LogP contribution in [0.25, 0.3) is 10.8 Å². The Morgan fingerprint density at radius 1 is 1.09 bits per heavy atom. The Morgan fingerprint density at radius 3 is 2.55 bits per heavy atom. The molecule has 1 amide bonds. The van der Waals surface area contributed by atoms with Crippen molar-refractivity contribution in [3.05, 3.63) is 76.0 Å². The highest BCUT2D eigenvalue weighted by molar-refractivity contribution is 6.04. The molecule has 1 aromatic heterocycles. The Labute approximate surface area is 125 Å². The molecule has 0 spiro atoms. The monoisotopic (exact) mass is 296 g/mol. The highest BCUT2D eigenvalue weighted by Gasteiger charge is 2.10. The van der Waals surface area contributed by atoms with Crippen LogP contribution in [0.5, 0.6) is 0 Å². The first-order valence-electron chi connectivity index (χ1n) is 6.73. The summed E-state index contributed by atoms with van der Waals surface area (Å²) >= 11 is 0. The minimum atomic E-state index is -0.494. The van der Waals surface area contributed by atoms with Crippen LogP contribution in [-0.2, 0) is 0 Å². The number of carbonyl (C=O) groups is 1. The number of benzene rings is 2. The molecule has 2 aromatic carbocycles. The summed E-state index contributed by atoms with van der Waals surface area (Å²) in [7, 11) is 0. The van der Waals surface area contributed by atoms with E-state index >= 15 is 0 Å². The number of aryl methyl sites for hydroxylation is 1. The van der Waals surface area contributed by atoms with Gasteiger partial charge in [-0.3, -0.25) is 9.59 Å². The fraction of sp³-hybridized carbons (Fsp3) is 0.0588. The first kappa shape index (κ1) is 14.0. The summed E-state index contributed by atoms with van der Waals surface area (Å²) < 4.78 is 13.2. The number of fused-ring (bicyclic) bond motifs is 1. The van der Waals surface area contributed by atoms with Crippen LogP contribution >= 0.6 is 0 Å². The molecule has 2 N–H and O–H groups in total. The van der Waals surface area contributed by atoms with Gasteiger partial charge in [0, 0.05) is 11.1 Å². The van der Waals surface area contributed by atoms with Gasteiger partial charge >= 0.3 is 0 Å². The van der Waals surface area contributed by atoms with Crippen molar-refractivity contribution >= 4 is 22.4 Å². The second-order valence-electron chi connectivity index (χ2n) is 5.06. The molecule has 0 bridgehead atoms. The summed E-state index contributed by atoms with van der Waals surface area (Å²) in [5.74, 6) is -0.915. The van der Waals surface area contributed by atoms with Crippen LogP contribution in [0.3, 0.4) is 0 Å². The summed E-state index contributed by atoms with van der Waals surface area (Å²) in [6, 6.07) is 12.7. The van der Waals surface area contributed by atoms with Gasteiger partial charge in [0.05, 0.1) is 0 Å². The molecule has 0 fully saturated rings. The number of H-pyrrole nitrogens is 1. The summed E-state index contributed by atoms with van der Waals surface area (Å²) in [4.78, 5) is 26.6. The van der Waals surface area contributed by atoms with Gasteiger partial charge in [-0.15, -0.1) is 0 Å². The van der Waals surface area contributed by atoms with Gasteiger partial charge in [0.15, 0.2) is 0 Å². The molecule has 5 heteroatoms. The molecule has 3 rings (SSSR count). The normalized spacial score (nSPS) is 10.6. The fourth-order valence-electron chi connectivity index (χ4n) is 2.19. The van der Waals surface area contributed by atoms with Crippen LogP contribution < -0.4 is 10.9 Å². The van der Waals surface area contributed by atoms with Gasteiger partial charge in [-0.1, -0.05) is 23.8 Å². The fourth-order valence-corrected chi connectivity index (χ4v) is 2.19. The van der Waals surface area contributed by atoms with Gasteiger partial charge in [-0.2, -0.15) is 0 Å². The van der Waals surface area contributed by atoms with Gasteiger partial charge < -0.3 is 10.3 Å². The predicted octanol–water partition coefficient (Wildman–Crippen LogP) is 3.23. The van der Waals surface area contributed by atoms with Crippen molar-refractivity contribution in [1.82, 2.24) is 4.98 Å². The molecule has 0 radical (unpaired) electrons. The van der Waals surface area contributed by atoms with E-state index < -0.39 is 17.3 Å². The van der Waals surface area contributed by atoms with E-state index in [1.807, 2.05) is 19.1 Å². The zero-order valence-electron chi connectivity index (χ0n) is 11.8. The first-order chi connectivity index (χ1) is 10.5. The van der Waals surface area contributed by atoms with Gasteiger partial charge in [0.2, 0.25) is 0 Å². The van der Waals surface area contributed by atoms with Gasteiger partial charge in [0.1, 0.15) is 11.5 Å². The second kappa shape index (κ2) is 5.44. The maximum Gasteiger partial charge on any atom is 0.272 e. The average molecular weight is 296 g/mol. The molecule has 0 aliphatic heterocycles. The number of hydrogen-bond acceptors (Lipinski definition) is 2. The van der Waals surface area contributed by atoms with Crippen LogP contribution in [0.15, 0.2) is 53.3 Å². The predicted molar refractivity (Wildman–Crippen MR) is 83.7 cm³/mol. The van der Waals surface area contributed by atoms with E-state index in [2.05, 4.69) is 10.3 Å². The summed E-state index contributed by atoms with van der Waals surface area (Å²) in [6.07, 6.45) is 0. The molecule has 0 aliphatic carbocycles. The third-order valence-electron chi connectivity index (χ3n) is 3.36. The molecular formula is C17H13FN2O2. The van der Waals surface area contributed by atoms with Crippen LogP contribution in [-0.4, -0.2) is 10.9 Å². The van der Waals surface area contributed by atoms with Crippen molar-refractivity contribution in [3.8, 4) is 0 Å². The van der Waals surface area contributed by atoms with Crippen LogP contribution in [0.2, 0.25) is 0 Å². The number of nitrogens with one attached hydrogen (secondary N) is 2. The number of halogens is 1. The van der Waals surface area contributed by atoms with E-state index in [4.69, 9.17) is 0 Å². The molecule has 0 saturated heterocycles. The Hall–Kier alpha value is -2.95. The van der Waals surface area contributed by atoms with Crippen molar-refractivity contribution < 1.29 is 9.18 Å². The number of anilines is 1. The number of aromatic amines is 1. The third-order valence-corrected chi connectivity index (χ3v) is 3.36. The second-order valence-corrected chi connectivity index (χ2v) is 5.06. The van der Waals surface area contributed by atoms with Gasteiger partial charge in [-0.25, -0.2) is 4.39 Å². The smallest absolute Gasteiger partial charge is 0.272 e. The lowest BCUT2D eigenvalue weighted by Gasteiger charge is -2.06. The van der Waals surface area contributed by atoms with Crippen molar-refractivity contribution in [1.29, 1.82) is 0 Å². The largest absolute Gasteiger partial charge is 0.321 e. The molecule has 110 valence electrons. The number of hydrogen-bond donors (Lipinski definition) is 2. The summed E-state index contributed by atoms with van der Waals surface area (Å²) in [5.41, 5.74) is 1.35. The Kier molecular flexibility index (Phi) is 3.47. The molecule has 0 saturated carbocycles. The van der Waals surface area contributed by atoms with E-state index in [-0.39, 0.29) is 11.1 Å². The Morgan fingerprint density at radius 2 is 1.82 bits per heavy atom. The molecule has 0 atom stereocenters. The molecular weight excluding hydrogens is 283 g/mol. The molecule has 22 heavy (non-hydrogen) atoms. The van der Waals surface area contributed by atoms with Crippen LogP contribution in [0.4, 0.5) is 10.1 Å². The third kappa shape index (κ3) is 2.74. The molecule has 0 aliphatic rings. The van der Waals surface area contributed by atoms with E-state index in [1.54, 1.807) is 12.1 Å². The number of rotatable bonds is 2. The minimum Gasteiger partial charge on any atom is -0.321 e. The molecule has 1 heterocycles. The minimum absolute atomic E-state index is 0.129. The molecule has 3 aromatic rings. The lowest BCUT2D eigenvalue weighted by atomic mass is 10.1. The Bertz CT molecular complexity index is 914. The number of pyridine rings is 1. The maximum absolute atomic E-state index is 13.2. The quantitative estimate of drug-likeness (QED) is 0.762. The van der Waals surface area contributed by atoms with Crippen LogP contribution in [0.1, 0.15) is 16.1 Å². The van der Waals surface area contributed by atoms with E-state index in [9.17, 15) is 14.0 Å². The zero-order valence-corrected chi connectivity index (χ0v) is 11.8. The average Bonchev–Trinajstić information content (AvgIpc) is 2.50. The van der Waals surface area contributed by atoms with Gasteiger partial charge in [-0.05, 0) is 42.6 Å². The summed E-state index contributed by atoms with van der Waals surface area (Å²) in [6.45, 7) is 1.95. The van der Waals surface area contributed by atoms with Gasteiger partial charge in [0.25, 0.3) is 11.5 Å². The maximum atomic E-state index is 13.2. The number of amides is 1. The van der Waals surface area contributed by atoms with Crippen molar-refractivity contribution in [2.24, 2.45) is 0 Å². The van der Waals surface area contributed by atoms with Crippen molar-refractivity contribution in [2.75, 3.05) is 5.32 Å². The standard InChI is InChI=1S/C17H13FN2O2/c1-10-2-6-13(7-3-10)19-17(22)15-8-11-4-5-12(18)9-14(11)16(21)20-15/h2-9H,1H3,(H,19,22)(H,20,21). The number of carbonyl (C=O) groups excluding carboxylic acids is 1. The number of aromatic nitrogens is 1. The lowest BCUT2D eigenvalue weighted by molar-refractivity contribution is 0.102. The van der Waals surface area contributed by atoms with E-state index in [0.29, 0.717) is 11.1 Å². The van der Waals surface area contributed by atoms with Crippen LogP contribution in [0, 0.1) is 12.7 Å². The molecule has 4 nitrogen and oxygen atoms in total. The van der Waals surface area contributed by atoms with Crippen molar-refractivity contribution in [2.45, 2.75) is 6.92 Å². The highest BCUT2D eigenvalue weighted by Crippen LogP contribution is 2.14. The first-order valence-corrected chi connectivity index (χ1v) is 6.73. The van der Waals surface area contributed by atoms with E-state index in [0.717, 1.165) is 11.6 Å². The topological polar surface area (TPSA) is 62.0 Å². The molecule has 0 unspecified atom stereocenters. The SMILES string of the molecule is Cc1ccc(NC(=O)c2cc3ccc(F)cc3c(=O)[nH]2)cc1. The zero-order chi connectivity index (χ0) is 15.7.